The highest BCUT2D eigenvalue weighted by Gasteiger charge is 2.21. The van der Waals surface area contributed by atoms with Crippen LogP contribution < -0.4 is 5.32 Å². The predicted octanol–water partition coefficient (Wildman–Crippen LogP) is 1.96. The Labute approximate surface area is 123 Å². The van der Waals surface area contributed by atoms with E-state index in [2.05, 4.69) is 5.32 Å². The van der Waals surface area contributed by atoms with Crippen LogP contribution in [0.15, 0.2) is 45.9 Å². The number of halogens is 1. The van der Waals surface area contributed by atoms with Crippen molar-refractivity contribution in [2.75, 3.05) is 14.1 Å². The summed E-state index contributed by atoms with van der Waals surface area (Å²) in [5, 5.41) is 2.98. The van der Waals surface area contributed by atoms with E-state index in [-0.39, 0.29) is 10.9 Å². The second-order valence-electron chi connectivity index (χ2n) is 4.74. The quantitative estimate of drug-likeness (QED) is 0.886. The molecular formula is C14H17FN2O3S. The Morgan fingerprint density at radius 2 is 1.95 bits per heavy atom. The number of sulfonamides is 1. The lowest BCUT2D eigenvalue weighted by Gasteiger charge is -2.08. The lowest BCUT2D eigenvalue weighted by molar-refractivity contribution is 0.389. The molecular weight excluding hydrogens is 295 g/mol. The van der Waals surface area contributed by atoms with Gasteiger partial charge in [0.1, 0.15) is 11.6 Å². The molecule has 2 rings (SSSR count). The molecule has 1 heterocycles. The summed E-state index contributed by atoms with van der Waals surface area (Å²) in [6.07, 6.45) is 0. The van der Waals surface area contributed by atoms with Crippen molar-refractivity contribution < 1.29 is 17.2 Å². The Morgan fingerprint density at radius 1 is 1.19 bits per heavy atom. The van der Waals surface area contributed by atoms with Gasteiger partial charge in [-0.1, -0.05) is 12.1 Å². The van der Waals surface area contributed by atoms with Crippen molar-refractivity contribution in [2.45, 2.75) is 18.2 Å². The van der Waals surface area contributed by atoms with Gasteiger partial charge in [-0.2, -0.15) is 0 Å². The summed E-state index contributed by atoms with van der Waals surface area (Å²) in [5.74, 6) is 0.221. The van der Waals surface area contributed by atoms with Gasteiger partial charge >= 0.3 is 0 Å². The molecule has 1 N–H and O–H groups in total. The molecule has 0 atom stereocenters. The van der Waals surface area contributed by atoms with Crippen LogP contribution in [-0.2, 0) is 23.1 Å². The number of furan rings is 1. The highest BCUT2D eigenvalue weighted by molar-refractivity contribution is 7.88. The van der Waals surface area contributed by atoms with Gasteiger partial charge in [0.2, 0.25) is 5.09 Å². The van der Waals surface area contributed by atoms with E-state index in [1.807, 2.05) is 0 Å². The molecule has 0 saturated carbocycles. The summed E-state index contributed by atoms with van der Waals surface area (Å²) in [5.41, 5.74) is 0.808. The average Bonchev–Trinajstić information content (AvgIpc) is 2.88. The molecule has 0 aliphatic carbocycles. The maximum atomic E-state index is 13.0. The van der Waals surface area contributed by atoms with Gasteiger partial charge in [0.15, 0.2) is 0 Å². The summed E-state index contributed by atoms with van der Waals surface area (Å²) in [4.78, 5) is 0. The monoisotopic (exact) mass is 312 g/mol. The first kappa shape index (κ1) is 15.7. The number of nitrogens with one attached hydrogen (secondary N) is 1. The summed E-state index contributed by atoms with van der Waals surface area (Å²) < 4.78 is 43.1. The topological polar surface area (TPSA) is 62.6 Å². The Balaban J connectivity index is 1.95. The molecule has 0 fully saturated rings. The van der Waals surface area contributed by atoms with E-state index in [4.69, 9.17) is 4.42 Å². The van der Waals surface area contributed by atoms with E-state index in [0.29, 0.717) is 18.8 Å². The molecule has 114 valence electrons. The maximum absolute atomic E-state index is 13.0. The van der Waals surface area contributed by atoms with E-state index >= 15 is 0 Å². The zero-order valence-corrected chi connectivity index (χ0v) is 12.7. The first-order valence-corrected chi connectivity index (χ1v) is 7.80. The van der Waals surface area contributed by atoms with Crippen LogP contribution in [0.25, 0.3) is 0 Å². The number of hydrogen-bond donors (Lipinski definition) is 1. The van der Waals surface area contributed by atoms with Gasteiger partial charge in [0.05, 0.1) is 6.54 Å². The van der Waals surface area contributed by atoms with Gasteiger partial charge in [-0.3, -0.25) is 0 Å². The van der Waals surface area contributed by atoms with Crippen molar-refractivity contribution >= 4 is 10.0 Å². The van der Waals surface area contributed by atoms with Gasteiger partial charge < -0.3 is 9.73 Å². The highest BCUT2D eigenvalue weighted by atomic mass is 32.2. The fourth-order valence-corrected chi connectivity index (χ4v) is 2.56. The zero-order chi connectivity index (χ0) is 15.5. The fourth-order valence-electron chi connectivity index (χ4n) is 1.75. The van der Waals surface area contributed by atoms with Gasteiger partial charge in [-0.25, -0.2) is 17.1 Å². The summed E-state index contributed by atoms with van der Waals surface area (Å²) in [6, 6.07) is 9.30. The first-order chi connectivity index (χ1) is 9.89. The molecule has 7 heteroatoms. The van der Waals surface area contributed by atoms with E-state index in [1.165, 1.54) is 32.3 Å². The highest BCUT2D eigenvalue weighted by Crippen LogP contribution is 2.16. The summed E-state index contributed by atoms with van der Waals surface area (Å²) in [6.45, 7) is 0.827. The van der Waals surface area contributed by atoms with Crippen LogP contribution in [0.5, 0.6) is 0 Å². The SMILES string of the molecule is CN(C)S(=O)(=O)c1ccc(CNCc2cccc(F)c2)o1. The van der Waals surface area contributed by atoms with Gasteiger partial charge in [-0.15, -0.1) is 0 Å². The van der Waals surface area contributed by atoms with Crippen LogP contribution >= 0.6 is 0 Å². The molecule has 1 aromatic heterocycles. The number of benzene rings is 1. The van der Waals surface area contributed by atoms with E-state index in [0.717, 1.165) is 9.87 Å². The smallest absolute Gasteiger partial charge is 0.275 e. The first-order valence-electron chi connectivity index (χ1n) is 6.36. The van der Waals surface area contributed by atoms with Crippen molar-refractivity contribution in [2.24, 2.45) is 0 Å². The van der Waals surface area contributed by atoms with Crippen LogP contribution in [0.4, 0.5) is 4.39 Å². The van der Waals surface area contributed by atoms with Crippen molar-refractivity contribution in [3.05, 3.63) is 53.5 Å². The number of nitrogens with zero attached hydrogens (tertiary/aromatic N) is 1. The van der Waals surface area contributed by atoms with Crippen LogP contribution in [0, 0.1) is 5.82 Å². The van der Waals surface area contributed by atoms with Crippen molar-refractivity contribution in [1.82, 2.24) is 9.62 Å². The normalized spacial score (nSPS) is 12.0. The standard InChI is InChI=1S/C14H17FN2O3S/c1-17(2)21(18,19)14-7-6-13(20-14)10-16-9-11-4-3-5-12(15)8-11/h3-8,16H,9-10H2,1-2H3. The molecule has 1 aromatic carbocycles. The minimum absolute atomic E-state index is 0.0879. The third kappa shape index (κ3) is 3.90. The molecule has 0 radical (unpaired) electrons. The fraction of sp³-hybridized carbons (Fsp3) is 0.286. The third-order valence-electron chi connectivity index (χ3n) is 2.89. The largest absolute Gasteiger partial charge is 0.447 e. The lowest BCUT2D eigenvalue weighted by Crippen LogP contribution is -2.21. The average molecular weight is 312 g/mol. The second kappa shape index (κ2) is 6.38. The third-order valence-corrected chi connectivity index (χ3v) is 4.58. The molecule has 0 spiro atoms. The van der Waals surface area contributed by atoms with Crippen LogP contribution in [-0.4, -0.2) is 26.8 Å². The molecule has 0 aliphatic rings. The maximum Gasteiger partial charge on any atom is 0.275 e. The van der Waals surface area contributed by atoms with Crippen molar-refractivity contribution in [3.8, 4) is 0 Å². The minimum Gasteiger partial charge on any atom is -0.447 e. The molecule has 0 aliphatic heterocycles. The molecule has 5 nitrogen and oxygen atoms in total. The predicted molar refractivity (Wildman–Crippen MR) is 76.5 cm³/mol. The van der Waals surface area contributed by atoms with Gasteiger partial charge in [0, 0.05) is 20.6 Å². The Hall–Kier alpha value is -1.70. The molecule has 21 heavy (non-hydrogen) atoms. The van der Waals surface area contributed by atoms with Gasteiger partial charge in [0.25, 0.3) is 10.0 Å². The lowest BCUT2D eigenvalue weighted by atomic mass is 10.2. The number of hydrogen-bond acceptors (Lipinski definition) is 4. The molecule has 0 saturated heterocycles. The summed E-state index contributed by atoms with van der Waals surface area (Å²) >= 11 is 0. The van der Waals surface area contributed by atoms with Crippen molar-refractivity contribution in [3.63, 3.8) is 0 Å². The van der Waals surface area contributed by atoms with E-state index in [1.54, 1.807) is 18.2 Å². The Kier molecular flexibility index (Phi) is 4.76. The minimum atomic E-state index is -3.55. The Bertz CT molecular complexity index is 711. The van der Waals surface area contributed by atoms with Crippen molar-refractivity contribution in [1.29, 1.82) is 0 Å². The zero-order valence-electron chi connectivity index (χ0n) is 11.8. The Morgan fingerprint density at radius 3 is 2.62 bits per heavy atom. The van der Waals surface area contributed by atoms with Crippen LogP contribution in [0.3, 0.4) is 0 Å². The van der Waals surface area contributed by atoms with Crippen LogP contribution in [0.2, 0.25) is 0 Å². The summed E-state index contributed by atoms with van der Waals surface area (Å²) in [7, 11) is -0.661. The van der Waals surface area contributed by atoms with E-state index in [9.17, 15) is 12.8 Å². The van der Waals surface area contributed by atoms with E-state index < -0.39 is 10.0 Å². The molecule has 2 aromatic rings. The van der Waals surface area contributed by atoms with Crippen LogP contribution in [0.1, 0.15) is 11.3 Å². The van der Waals surface area contributed by atoms with Gasteiger partial charge in [-0.05, 0) is 29.8 Å². The second-order valence-corrected chi connectivity index (χ2v) is 6.82. The molecule has 0 bridgehead atoms. The number of rotatable bonds is 6. The molecule has 0 amide bonds. The molecule has 0 unspecified atom stereocenters.